The fourth-order valence-corrected chi connectivity index (χ4v) is 3.50. The molecule has 1 saturated heterocycles. The minimum Gasteiger partial charge on any atom is -0.352 e. The molecule has 2 rings (SSSR count). The van der Waals surface area contributed by atoms with Gasteiger partial charge in [0.15, 0.2) is 0 Å². The minimum atomic E-state index is -0.335. The zero-order chi connectivity index (χ0) is 21.4. The number of hydrogen-bond donors (Lipinski definition) is 2. The summed E-state index contributed by atoms with van der Waals surface area (Å²) < 4.78 is 0. The molecule has 29 heavy (non-hydrogen) atoms. The molecular weight excluding hydrogens is 368 g/mol. The van der Waals surface area contributed by atoms with Crippen LogP contribution in [0.2, 0.25) is 0 Å². The van der Waals surface area contributed by atoms with Crippen molar-refractivity contribution < 1.29 is 14.4 Å². The van der Waals surface area contributed by atoms with Crippen molar-refractivity contribution in [2.24, 2.45) is 5.92 Å². The van der Waals surface area contributed by atoms with E-state index < -0.39 is 0 Å². The number of anilines is 1. The topological polar surface area (TPSA) is 81.8 Å². The second-order valence-electron chi connectivity index (χ2n) is 7.74. The fraction of sp³-hybridized carbons (Fsp3) is 0.591. The summed E-state index contributed by atoms with van der Waals surface area (Å²) in [7, 11) is 0. The first-order valence-electron chi connectivity index (χ1n) is 10.6. The Kier molecular flexibility index (Phi) is 8.64. The monoisotopic (exact) mass is 402 g/mol. The lowest BCUT2D eigenvalue weighted by Gasteiger charge is -2.20. The summed E-state index contributed by atoms with van der Waals surface area (Å²) >= 11 is 0. The highest BCUT2D eigenvalue weighted by atomic mass is 16.2. The zero-order valence-electron chi connectivity index (χ0n) is 18.0. The van der Waals surface area contributed by atoms with Gasteiger partial charge in [-0.25, -0.2) is 0 Å². The summed E-state index contributed by atoms with van der Waals surface area (Å²) in [4.78, 5) is 40.7. The molecule has 3 amide bonds. The van der Waals surface area contributed by atoms with E-state index >= 15 is 0 Å². The molecule has 0 spiro atoms. The second kappa shape index (κ2) is 11.0. The molecule has 7 nitrogen and oxygen atoms in total. The lowest BCUT2D eigenvalue weighted by atomic mass is 10.1. The first kappa shape index (κ1) is 22.9. The Morgan fingerprint density at radius 3 is 2.38 bits per heavy atom. The molecule has 1 aromatic rings. The SMILES string of the molecule is CCN(CC)CCCNC(=O)c1ccc(NC(=O)C2CC(=O)N(C(C)C)C2)cc1. The predicted octanol–water partition coefficient (Wildman–Crippen LogP) is 2.34. The molecule has 1 atom stereocenters. The molecule has 2 N–H and O–H groups in total. The summed E-state index contributed by atoms with van der Waals surface area (Å²) in [5.41, 5.74) is 1.19. The van der Waals surface area contributed by atoms with Crippen molar-refractivity contribution >= 4 is 23.4 Å². The van der Waals surface area contributed by atoms with Crippen molar-refractivity contribution in [3.8, 4) is 0 Å². The molecule has 0 bridgehead atoms. The summed E-state index contributed by atoms with van der Waals surface area (Å²) in [5.74, 6) is -0.585. The van der Waals surface area contributed by atoms with Gasteiger partial charge in [0.05, 0.1) is 5.92 Å². The normalized spacial score (nSPS) is 16.6. The Morgan fingerprint density at radius 1 is 1.17 bits per heavy atom. The molecule has 7 heteroatoms. The minimum absolute atomic E-state index is 0.0214. The lowest BCUT2D eigenvalue weighted by Crippen LogP contribution is -2.33. The van der Waals surface area contributed by atoms with Gasteiger partial charge < -0.3 is 20.4 Å². The molecule has 1 aromatic carbocycles. The largest absolute Gasteiger partial charge is 0.352 e. The maximum absolute atomic E-state index is 12.5. The Bertz CT molecular complexity index is 699. The van der Waals surface area contributed by atoms with E-state index in [4.69, 9.17) is 0 Å². The standard InChI is InChI=1S/C22H34N4O3/c1-5-25(6-2)13-7-12-23-21(28)17-8-10-19(11-9-17)24-22(29)18-14-20(27)26(15-18)16(3)4/h8-11,16,18H,5-7,12-15H2,1-4H3,(H,23,28)(H,24,29). The van der Waals surface area contributed by atoms with Gasteiger partial charge in [-0.15, -0.1) is 0 Å². The number of nitrogens with one attached hydrogen (secondary N) is 2. The molecule has 0 aromatic heterocycles. The summed E-state index contributed by atoms with van der Waals surface area (Å²) in [6, 6.07) is 6.95. The Hall–Kier alpha value is -2.41. The third-order valence-corrected chi connectivity index (χ3v) is 5.40. The Labute approximate surface area is 173 Å². The van der Waals surface area contributed by atoms with Crippen LogP contribution in [0, 0.1) is 5.92 Å². The molecular formula is C22H34N4O3. The van der Waals surface area contributed by atoms with Crippen molar-refractivity contribution in [1.82, 2.24) is 15.1 Å². The van der Waals surface area contributed by atoms with Crippen LogP contribution in [-0.4, -0.2) is 66.3 Å². The van der Waals surface area contributed by atoms with Gasteiger partial charge in [-0.2, -0.15) is 0 Å². The Morgan fingerprint density at radius 2 is 1.83 bits per heavy atom. The van der Waals surface area contributed by atoms with Gasteiger partial charge in [0.2, 0.25) is 11.8 Å². The number of benzene rings is 1. The van der Waals surface area contributed by atoms with E-state index in [9.17, 15) is 14.4 Å². The van der Waals surface area contributed by atoms with Crippen molar-refractivity contribution in [1.29, 1.82) is 0 Å². The van der Waals surface area contributed by atoms with Gasteiger partial charge >= 0.3 is 0 Å². The van der Waals surface area contributed by atoms with E-state index in [0.29, 0.717) is 24.3 Å². The number of amides is 3. The van der Waals surface area contributed by atoms with Gasteiger partial charge in [0, 0.05) is 36.8 Å². The first-order chi connectivity index (χ1) is 13.8. The molecule has 0 saturated carbocycles. The maximum Gasteiger partial charge on any atom is 0.251 e. The molecule has 1 fully saturated rings. The van der Waals surface area contributed by atoms with Crippen LogP contribution in [-0.2, 0) is 9.59 Å². The number of hydrogen-bond acceptors (Lipinski definition) is 4. The van der Waals surface area contributed by atoms with E-state index in [0.717, 1.165) is 26.1 Å². The smallest absolute Gasteiger partial charge is 0.251 e. The van der Waals surface area contributed by atoms with Crippen molar-refractivity contribution in [2.45, 2.75) is 46.6 Å². The highest BCUT2D eigenvalue weighted by molar-refractivity contribution is 5.98. The van der Waals surface area contributed by atoms with Crippen LogP contribution in [0.15, 0.2) is 24.3 Å². The van der Waals surface area contributed by atoms with E-state index in [2.05, 4.69) is 29.4 Å². The Balaban J connectivity index is 1.80. The highest BCUT2D eigenvalue weighted by Crippen LogP contribution is 2.22. The van der Waals surface area contributed by atoms with Gasteiger partial charge in [-0.05, 0) is 64.2 Å². The average Bonchev–Trinajstić information content (AvgIpc) is 3.10. The van der Waals surface area contributed by atoms with Crippen molar-refractivity contribution in [2.75, 3.05) is 38.0 Å². The third kappa shape index (κ3) is 6.56. The number of carbonyl (C=O) groups excluding carboxylic acids is 3. The summed E-state index contributed by atoms with van der Waals surface area (Å²) in [6.07, 6.45) is 1.16. The molecule has 1 aliphatic heterocycles. The van der Waals surface area contributed by atoms with E-state index in [1.54, 1.807) is 29.2 Å². The maximum atomic E-state index is 12.5. The van der Waals surface area contributed by atoms with E-state index in [1.165, 1.54) is 0 Å². The first-order valence-corrected chi connectivity index (χ1v) is 10.6. The zero-order valence-corrected chi connectivity index (χ0v) is 18.0. The van der Waals surface area contributed by atoms with Gasteiger partial charge in [-0.3, -0.25) is 14.4 Å². The van der Waals surface area contributed by atoms with Crippen LogP contribution < -0.4 is 10.6 Å². The van der Waals surface area contributed by atoms with Crippen molar-refractivity contribution in [3.05, 3.63) is 29.8 Å². The molecule has 1 heterocycles. The number of rotatable bonds is 10. The molecule has 1 unspecified atom stereocenters. The van der Waals surface area contributed by atoms with Crippen LogP contribution in [0.5, 0.6) is 0 Å². The van der Waals surface area contributed by atoms with Crippen molar-refractivity contribution in [3.63, 3.8) is 0 Å². The number of likely N-dealkylation sites (tertiary alicyclic amines) is 1. The van der Waals surface area contributed by atoms with E-state index in [1.807, 2.05) is 13.8 Å². The second-order valence-corrected chi connectivity index (χ2v) is 7.74. The highest BCUT2D eigenvalue weighted by Gasteiger charge is 2.35. The van der Waals surface area contributed by atoms with Crippen LogP contribution >= 0.6 is 0 Å². The van der Waals surface area contributed by atoms with Crippen LogP contribution in [0.25, 0.3) is 0 Å². The van der Waals surface area contributed by atoms with E-state index in [-0.39, 0.29) is 36.1 Å². The van der Waals surface area contributed by atoms with Gasteiger partial charge in [0.1, 0.15) is 0 Å². The molecule has 0 aliphatic carbocycles. The number of nitrogens with zero attached hydrogens (tertiary/aromatic N) is 2. The van der Waals surface area contributed by atoms with Gasteiger partial charge in [-0.1, -0.05) is 13.8 Å². The van der Waals surface area contributed by atoms with Crippen LogP contribution in [0.1, 0.15) is 50.9 Å². The predicted molar refractivity (Wildman–Crippen MR) is 115 cm³/mol. The average molecular weight is 403 g/mol. The van der Waals surface area contributed by atoms with Crippen LogP contribution in [0.3, 0.4) is 0 Å². The summed E-state index contributed by atoms with van der Waals surface area (Å²) in [5, 5.41) is 5.78. The molecule has 160 valence electrons. The lowest BCUT2D eigenvalue weighted by molar-refractivity contribution is -0.129. The third-order valence-electron chi connectivity index (χ3n) is 5.40. The fourth-order valence-electron chi connectivity index (χ4n) is 3.50. The quantitative estimate of drug-likeness (QED) is 0.589. The molecule has 1 aliphatic rings. The molecule has 0 radical (unpaired) electrons. The number of carbonyl (C=O) groups is 3. The van der Waals surface area contributed by atoms with Crippen LogP contribution in [0.4, 0.5) is 5.69 Å². The van der Waals surface area contributed by atoms with Gasteiger partial charge in [0.25, 0.3) is 5.91 Å². The summed E-state index contributed by atoms with van der Waals surface area (Å²) in [6.45, 7) is 12.3.